The van der Waals surface area contributed by atoms with Crippen LogP contribution in [-0.2, 0) is 0 Å². The van der Waals surface area contributed by atoms with E-state index in [9.17, 15) is 8.78 Å². The highest BCUT2D eigenvalue weighted by molar-refractivity contribution is 5.28. The number of hydrogen-bond acceptors (Lipinski definition) is 2. The molecule has 2 aromatic rings. The minimum Gasteiger partial charge on any atom is -0.319 e. The van der Waals surface area contributed by atoms with Gasteiger partial charge in [-0.05, 0) is 36.8 Å². The maximum Gasteiger partial charge on any atom is 0.126 e. The molecule has 4 heteroatoms. The first-order chi connectivity index (χ1) is 8.06. The Kier molecular flexibility index (Phi) is 3.15. The van der Waals surface area contributed by atoms with Gasteiger partial charge in [-0.25, -0.2) is 8.78 Å². The van der Waals surface area contributed by atoms with Gasteiger partial charge < -0.3 is 5.73 Å². The molecule has 0 radical (unpaired) electrons. The number of pyridine rings is 1. The van der Waals surface area contributed by atoms with E-state index in [0.717, 1.165) is 11.8 Å². The third kappa shape index (κ3) is 2.65. The zero-order valence-electron chi connectivity index (χ0n) is 9.32. The second kappa shape index (κ2) is 4.59. The molecule has 0 bridgehead atoms. The van der Waals surface area contributed by atoms with Crippen molar-refractivity contribution in [3.8, 4) is 0 Å². The number of aromatic nitrogens is 1. The van der Waals surface area contributed by atoms with E-state index in [0.29, 0.717) is 11.3 Å². The van der Waals surface area contributed by atoms with Crippen molar-refractivity contribution in [1.29, 1.82) is 0 Å². The largest absolute Gasteiger partial charge is 0.319 e. The molecule has 0 aliphatic heterocycles. The van der Waals surface area contributed by atoms with E-state index in [1.54, 1.807) is 6.07 Å². The first-order valence-electron chi connectivity index (χ1n) is 5.21. The molecule has 1 aromatic heterocycles. The molecule has 0 fully saturated rings. The summed E-state index contributed by atoms with van der Waals surface area (Å²) in [4.78, 5) is 4.24. The van der Waals surface area contributed by atoms with Crippen LogP contribution in [0.15, 0.2) is 36.4 Å². The predicted molar refractivity (Wildman–Crippen MR) is 61.4 cm³/mol. The minimum absolute atomic E-state index is 0.376. The summed E-state index contributed by atoms with van der Waals surface area (Å²) in [6, 6.07) is 8.02. The first kappa shape index (κ1) is 11.7. The normalized spacial score (nSPS) is 12.5. The Bertz CT molecular complexity index is 520. The van der Waals surface area contributed by atoms with Gasteiger partial charge in [-0.3, -0.25) is 4.98 Å². The standard InChI is InChI=1S/C13H12F2N2/c1-8-3-2-4-12(17-8)13(16)9-5-10(14)7-11(15)6-9/h2-7,13H,16H2,1H3. The fraction of sp³-hybridized carbons (Fsp3) is 0.154. The molecule has 17 heavy (non-hydrogen) atoms. The van der Waals surface area contributed by atoms with Crippen molar-refractivity contribution in [2.45, 2.75) is 13.0 Å². The highest BCUT2D eigenvalue weighted by Gasteiger charge is 2.12. The summed E-state index contributed by atoms with van der Waals surface area (Å²) in [6.07, 6.45) is 0. The van der Waals surface area contributed by atoms with Crippen LogP contribution in [0.1, 0.15) is 23.0 Å². The van der Waals surface area contributed by atoms with Crippen molar-refractivity contribution in [3.05, 3.63) is 65.0 Å². The number of rotatable bonds is 2. The molecule has 0 saturated carbocycles. The average Bonchev–Trinajstić information content (AvgIpc) is 2.26. The zero-order chi connectivity index (χ0) is 12.4. The second-order valence-corrected chi connectivity index (χ2v) is 3.88. The quantitative estimate of drug-likeness (QED) is 0.867. The van der Waals surface area contributed by atoms with E-state index in [2.05, 4.69) is 4.98 Å². The van der Waals surface area contributed by atoms with Crippen LogP contribution in [0.5, 0.6) is 0 Å². The molecular weight excluding hydrogens is 222 g/mol. The lowest BCUT2D eigenvalue weighted by Gasteiger charge is -2.12. The molecule has 1 atom stereocenters. The Morgan fingerprint density at radius 2 is 1.76 bits per heavy atom. The lowest BCUT2D eigenvalue weighted by Crippen LogP contribution is -2.14. The molecule has 2 N–H and O–H groups in total. The molecule has 2 nitrogen and oxygen atoms in total. The Labute approximate surface area is 98.1 Å². The van der Waals surface area contributed by atoms with Crippen LogP contribution in [-0.4, -0.2) is 4.98 Å². The van der Waals surface area contributed by atoms with Crippen LogP contribution in [0, 0.1) is 18.6 Å². The maximum atomic E-state index is 13.1. The van der Waals surface area contributed by atoms with E-state index in [-0.39, 0.29) is 0 Å². The number of nitrogens with zero attached hydrogens (tertiary/aromatic N) is 1. The second-order valence-electron chi connectivity index (χ2n) is 3.88. The summed E-state index contributed by atoms with van der Waals surface area (Å²) in [5, 5.41) is 0. The average molecular weight is 234 g/mol. The summed E-state index contributed by atoms with van der Waals surface area (Å²) in [7, 11) is 0. The molecule has 0 aliphatic rings. The van der Waals surface area contributed by atoms with E-state index >= 15 is 0 Å². The van der Waals surface area contributed by atoms with Crippen LogP contribution in [0.25, 0.3) is 0 Å². The summed E-state index contributed by atoms with van der Waals surface area (Å²) in [5.74, 6) is -1.27. The lowest BCUT2D eigenvalue weighted by atomic mass is 10.0. The Hall–Kier alpha value is -1.81. The Balaban J connectivity index is 2.39. The summed E-state index contributed by atoms with van der Waals surface area (Å²) in [5.41, 5.74) is 7.71. The van der Waals surface area contributed by atoms with Gasteiger partial charge in [0, 0.05) is 11.8 Å². The Morgan fingerprint density at radius 3 is 2.35 bits per heavy atom. The van der Waals surface area contributed by atoms with Gasteiger partial charge in [-0.1, -0.05) is 6.07 Å². The first-order valence-corrected chi connectivity index (χ1v) is 5.21. The molecule has 88 valence electrons. The third-order valence-corrected chi connectivity index (χ3v) is 2.47. The Morgan fingerprint density at radius 1 is 1.12 bits per heavy atom. The van der Waals surface area contributed by atoms with Crippen molar-refractivity contribution >= 4 is 0 Å². The fourth-order valence-corrected chi connectivity index (χ4v) is 1.66. The van der Waals surface area contributed by atoms with E-state index in [1.165, 1.54) is 12.1 Å². The highest BCUT2D eigenvalue weighted by atomic mass is 19.1. The molecule has 0 aliphatic carbocycles. The van der Waals surface area contributed by atoms with Gasteiger partial charge in [0.2, 0.25) is 0 Å². The third-order valence-electron chi connectivity index (χ3n) is 2.47. The van der Waals surface area contributed by atoms with Crippen LogP contribution < -0.4 is 5.73 Å². The van der Waals surface area contributed by atoms with Crippen molar-refractivity contribution in [2.24, 2.45) is 5.73 Å². The predicted octanol–water partition coefficient (Wildman–Crippen LogP) is 2.72. The van der Waals surface area contributed by atoms with Gasteiger partial charge >= 0.3 is 0 Å². The van der Waals surface area contributed by atoms with E-state index in [4.69, 9.17) is 5.73 Å². The summed E-state index contributed by atoms with van der Waals surface area (Å²) in [6.45, 7) is 1.84. The van der Waals surface area contributed by atoms with Crippen LogP contribution in [0.4, 0.5) is 8.78 Å². The van der Waals surface area contributed by atoms with Crippen LogP contribution in [0.2, 0.25) is 0 Å². The summed E-state index contributed by atoms with van der Waals surface area (Å²) >= 11 is 0. The van der Waals surface area contributed by atoms with Gasteiger partial charge in [0.25, 0.3) is 0 Å². The van der Waals surface area contributed by atoms with Crippen molar-refractivity contribution < 1.29 is 8.78 Å². The van der Waals surface area contributed by atoms with Gasteiger partial charge in [-0.2, -0.15) is 0 Å². The number of aryl methyl sites for hydroxylation is 1. The molecule has 0 amide bonds. The van der Waals surface area contributed by atoms with E-state index in [1.807, 2.05) is 19.1 Å². The van der Waals surface area contributed by atoms with Gasteiger partial charge in [0.15, 0.2) is 0 Å². The molecule has 1 aromatic carbocycles. The van der Waals surface area contributed by atoms with Gasteiger partial charge in [0.05, 0.1) is 11.7 Å². The van der Waals surface area contributed by atoms with Crippen molar-refractivity contribution in [2.75, 3.05) is 0 Å². The van der Waals surface area contributed by atoms with Crippen LogP contribution >= 0.6 is 0 Å². The SMILES string of the molecule is Cc1cccc(C(N)c2cc(F)cc(F)c2)n1. The zero-order valence-corrected chi connectivity index (χ0v) is 9.32. The topological polar surface area (TPSA) is 38.9 Å². The highest BCUT2D eigenvalue weighted by Crippen LogP contribution is 2.20. The molecular formula is C13H12F2N2. The number of hydrogen-bond donors (Lipinski definition) is 1. The smallest absolute Gasteiger partial charge is 0.126 e. The molecule has 1 unspecified atom stereocenters. The molecule has 1 heterocycles. The fourth-order valence-electron chi connectivity index (χ4n) is 1.66. The minimum atomic E-state index is -0.636. The molecule has 0 spiro atoms. The number of nitrogens with two attached hydrogens (primary N) is 1. The van der Waals surface area contributed by atoms with Gasteiger partial charge in [-0.15, -0.1) is 0 Å². The van der Waals surface area contributed by atoms with E-state index < -0.39 is 17.7 Å². The van der Waals surface area contributed by atoms with Crippen LogP contribution in [0.3, 0.4) is 0 Å². The number of benzene rings is 1. The maximum absolute atomic E-state index is 13.1. The lowest BCUT2D eigenvalue weighted by molar-refractivity contribution is 0.577. The number of halogens is 2. The van der Waals surface area contributed by atoms with Crippen molar-refractivity contribution in [3.63, 3.8) is 0 Å². The molecule has 0 saturated heterocycles. The molecule has 2 rings (SSSR count). The van der Waals surface area contributed by atoms with Gasteiger partial charge in [0.1, 0.15) is 11.6 Å². The van der Waals surface area contributed by atoms with Crippen molar-refractivity contribution in [1.82, 2.24) is 4.98 Å². The summed E-state index contributed by atoms with van der Waals surface area (Å²) < 4.78 is 26.1. The monoisotopic (exact) mass is 234 g/mol.